The molecule has 7 nitrogen and oxygen atoms in total. The second-order valence-corrected chi connectivity index (χ2v) is 9.54. The van der Waals surface area contributed by atoms with Crippen LogP contribution in [0.1, 0.15) is 23.2 Å². The van der Waals surface area contributed by atoms with Crippen LogP contribution < -0.4 is 15.4 Å². The summed E-state index contributed by atoms with van der Waals surface area (Å²) in [6.07, 6.45) is 3.47. The Bertz CT molecular complexity index is 1370. The van der Waals surface area contributed by atoms with Gasteiger partial charge in [0.2, 0.25) is 5.95 Å². The number of aromatic nitrogens is 2. The highest BCUT2D eigenvalue weighted by atomic mass is 32.1. The maximum absolute atomic E-state index is 14.8. The van der Waals surface area contributed by atoms with Crippen LogP contribution in [0.4, 0.5) is 16.0 Å². The van der Waals surface area contributed by atoms with Gasteiger partial charge in [-0.1, -0.05) is 18.2 Å². The van der Waals surface area contributed by atoms with Gasteiger partial charge in [-0.25, -0.2) is 14.4 Å². The fourth-order valence-corrected chi connectivity index (χ4v) is 5.13. The first-order valence-corrected chi connectivity index (χ1v) is 12.3. The van der Waals surface area contributed by atoms with Gasteiger partial charge in [0.1, 0.15) is 11.6 Å². The summed E-state index contributed by atoms with van der Waals surface area (Å²) in [6, 6.07) is 12.3. The van der Waals surface area contributed by atoms with Crippen LogP contribution in [0.25, 0.3) is 21.3 Å². The van der Waals surface area contributed by atoms with E-state index in [0.717, 1.165) is 53.0 Å². The van der Waals surface area contributed by atoms with Gasteiger partial charge in [0.15, 0.2) is 0 Å². The lowest BCUT2D eigenvalue weighted by molar-refractivity contribution is 0.0913. The number of carbonyl (C=O) groups excluding carboxylic acids is 1. The first kappa shape index (κ1) is 23.2. The normalized spacial score (nSPS) is 14.7. The maximum atomic E-state index is 14.8. The second-order valence-electron chi connectivity index (χ2n) is 8.63. The number of halogens is 1. The summed E-state index contributed by atoms with van der Waals surface area (Å²) < 4.78 is 21.3. The van der Waals surface area contributed by atoms with E-state index in [1.54, 1.807) is 30.7 Å². The van der Waals surface area contributed by atoms with Crippen molar-refractivity contribution in [1.29, 1.82) is 0 Å². The first-order chi connectivity index (χ1) is 17.0. The highest BCUT2D eigenvalue weighted by molar-refractivity contribution is 7.17. The molecular formula is C26H26FN5O2S. The first-order valence-electron chi connectivity index (χ1n) is 11.5. The highest BCUT2D eigenvalue weighted by Gasteiger charge is 2.21. The number of fused-ring (bicyclic) bond motifs is 1. The number of piperidine rings is 1. The minimum Gasteiger partial charge on any atom is -0.496 e. The molecule has 1 saturated heterocycles. The summed E-state index contributed by atoms with van der Waals surface area (Å²) in [7, 11) is 3.70. The molecule has 4 aromatic rings. The van der Waals surface area contributed by atoms with Crippen molar-refractivity contribution in [2.45, 2.75) is 18.9 Å². The fraction of sp³-hybridized carbons (Fsp3) is 0.269. The number of hydrogen-bond donors (Lipinski definition) is 2. The number of likely N-dealkylation sites (tertiary alicyclic amines) is 1. The topological polar surface area (TPSA) is 79.4 Å². The van der Waals surface area contributed by atoms with Gasteiger partial charge in [-0.2, -0.15) is 0 Å². The Hall–Kier alpha value is -3.56. The van der Waals surface area contributed by atoms with Crippen LogP contribution in [0.15, 0.2) is 54.0 Å². The van der Waals surface area contributed by atoms with Crippen molar-refractivity contribution in [3.8, 4) is 16.9 Å². The number of thiophene rings is 1. The SMILES string of the molecule is COc1ccccc1-c1csc2cnc(Nc3ccc(C(=O)NC4CCN(C)CC4)c(F)c3)nc12. The quantitative estimate of drug-likeness (QED) is 0.392. The molecule has 0 saturated carbocycles. The number of carbonyl (C=O) groups is 1. The van der Waals surface area contributed by atoms with Gasteiger partial charge in [0.25, 0.3) is 5.91 Å². The third-order valence-electron chi connectivity index (χ3n) is 6.23. The highest BCUT2D eigenvalue weighted by Crippen LogP contribution is 2.37. The predicted molar refractivity (Wildman–Crippen MR) is 137 cm³/mol. The molecule has 0 radical (unpaired) electrons. The molecule has 1 amide bonds. The van der Waals surface area contributed by atoms with E-state index in [2.05, 4.69) is 32.5 Å². The van der Waals surface area contributed by atoms with Crippen LogP contribution in [0.3, 0.4) is 0 Å². The molecule has 0 atom stereocenters. The summed E-state index contributed by atoms with van der Waals surface area (Å²) in [5.74, 6) is 0.124. The van der Waals surface area contributed by atoms with Gasteiger partial charge in [0, 0.05) is 28.2 Å². The second kappa shape index (κ2) is 9.97. The van der Waals surface area contributed by atoms with E-state index in [1.165, 1.54) is 12.1 Å². The lowest BCUT2D eigenvalue weighted by Crippen LogP contribution is -2.43. The number of nitrogens with one attached hydrogen (secondary N) is 2. The summed E-state index contributed by atoms with van der Waals surface area (Å²) in [4.78, 5) is 23.9. The number of rotatable bonds is 6. The van der Waals surface area contributed by atoms with Crippen LogP contribution in [0, 0.1) is 5.82 Å². The van der Waals surface area contributed by atoms with Crippen LogP contribution in [-0.2, 0) is 0 Å². The molecule has 0 spiro atoms. The lowest BCUT2D eigenvalue weighted by Gasteiger charge is -2.29. The van der Waals surface area contributed by atoms with Crippen molar-refractivity contribution in [3.63, 3.8) is 0 Å². The van der Waals surface area contributed by atoms with E-state index >= 15 is 0 Å². The van der Waals surface area contributed by atoms with Crippen molar-refractivity contribution in [2.75, 3.05) is 32.6 Å². The molecule has 35 heavy (non-hydrogen) atoms. The summed E-state index contributed by atoms with van der Waals surface area (Å²) >= 11 is 1.55. The van der Waals surface area contributed by atoms with Gasteiger partial charge in [0.05, 0.1) is 29.1 Å². The summed E-state index contributed by atoms with van der Waals surface area (Å²) in [6.45, 7) is 1.84. The van der Waals surface area contributed by atoms with E-state index < -0.39 is 5.82 Å². The number of hydrogen-bond acceptors (Lipinski definition) is 7. The molecule has 0 aliphatic carbocycles. The van der Waals surface area contributed by atoms with E-state index in [1.807, 2.05) is 29.6 Å². The zero-order chi connectivity index (χ0) is 24.4. The van der Waals surface area contributed by atoms with Crippen molar-refractivity contribution in [3.05, 3.63) is 65.4 Å². The third kappa shape index (κ3) is 4.96. The molecule has 2 aromatic heterocycles. The molecule has 3 heterocycles. The number of para-hydroxylation sites is 1. The Morgan fingerprint density at radius 1 is 1.17 bits per heavy atom. The molecule has 1 aliphatic heterocycles. The van der Waals surface area contributed by atoms with Gasteiger partial charge in [-0.3, -0.25) is 4.79 Å². The average Bonchev–Trinajstić information content (AvgIpc) is 3.28. The average molecular weight is 492 g/mol. The number of benzene rings is 2. The van der Waals surface area contributed by atoms with Crippen molar-refractivity contribution < 1.29 is 13.9 Å². The third-order valence-corrected chi connectivity index (χ3v) is 7.14. The zero-order valence-electron chi connectivity index (χ0n) is 19.5. The largest absolute Gasteiger partial charge is 0.496 e. The Morgan fingerprint density at radius 2 is 1.97 bits per heavy atom. The molecular weight excluding hydrogens is 465 g/mol. The fourth-order valence-electron chi connectivity index (χ4n) is 4.27. The standard InChI is InChI=1S/C26H26FN5O2S/c1-32-11-9-16(10-12-32)29-25(33)19-8-7-17(13-21(19)27)30-26-28-14-23-24(31-26)20(15-35-23)18-5-3-4-6-22(18)34-2/h3-8,13-16H,9-12H2,1-2H3,(H,29,33)(H,28,30,31). The van der Waals surface area contributed by atoms with Gasteiger partial charge in [-0.05, 0) is 57.2 Å². The Morgan fingerprint density at radius 3 is 2.74 bits per heavy atom. The molecule has 2 aromatic carbocycles. The van der Waals surface area contributed by atoms with Gasteiger partial charge in [-0.15, -0.1) is 11.3 Å². The maximum Gasteiger partial charge on any atom is 0.254 e. The van der Waals surface area contributed by atoms with E-state index in [9.17, 15) is 9.18 Å². The van der Waals surface area contributed by atoms with Gasteiger partial charge >= 0.3 is 0 Å². The number of methoxy groups -OCH3 is 1. The smallest absolute Gasteiger partial charge is 0.254 e. The van der Waals surface area contributed by atoms with Crippen LogP contribution in [0.5, 0.6) is 5.75 Å². The Balaban J connectivity index is 1.34. The van der Waals surface area contributed by atoms with Crippen LogP contribution >= 0.6 is 11.3 Å². The van der Waals surface area contributed by atoms with Gasteiger partial charge < -0.3 is 20.3 Å². The number of amides is 1. The summed E-state index contributed by atoms with van der Waals surface area (Å²) in [5, 5.41) is 8.04. The molecule has 5 rings (SSSR count). The molecule has 9 heteroatoms. The molecule has 0 unspecified atom stereocenters. The number of ether oxygens (including phenoxy) is 1. The zero-order valence-corrected chi connectivity index (χ0v) is 20.4. The molecule has 180 valence electrons. The van der Waals surface area contributed by atoms with Crippen LogP contribution in [0.2, 0.25) is 0 Å². The monoisotopic (exact) mass is 491 g/mol. The minimum absolute atomic E-state index is 0.0298. The molecule has 0 bridgehead atoms. The van der Waals surface area contributed by atoms with Crippen molar-refractivity contribution in [1.82, 2.24) is 20.2 Å². The Labute approximate surface area is 207 Å². The minimum atomic E-state index is -0.591. The summed E-state index contributed by atoms with van der Waals surface area (Å²) in [5.41, 5.74) is 3.16. The molecule has 2 N–H and O–H groups in total. The molecule has 1 fully saturated rings. The predicted octanol–water partition coefficient (Wildman–Crippen LogP) is 5.07. The van der Waals surface area contributed by atoms with E-state index in [4.69, 9.17) is 4.74 Å². The van der Waals surface area contributed by atoms with E-state index in [-0.39, 0.29) is 17.5 Å². The van der Waals surface area contributed by atoms with E-state index in [0.29, 0.717) is 11.6 Å². The molecule has 1 aliphatic rings. The Kier molecular flexibility index (Phi) is 6.61. The van der Waals surface area contributed by atoms with Crippen molar-refractivity contribution in [2.24, 2.45) is 0 Å². The van der Waals surface area contributed by atoms with Crippen LogP contribution in [-0.4, -0.2) is 54.1 Å². The number of nitrogens with zero attached hydrogens (tertiary/aromatic N) is 3. The van der Waals surface area contributed by atoms with Crippen molar-refractivity contribution >= 4 is 39.1 Å². The number of anilines is 2. The lowest BCUT2D eigenvalue weighted by atomic mass is 10.0.